The molecule has 0 saturated heterocycles. The smallest absolute Gasteiger partial charge is 0.0860 e. The van der Waals surface area contributed by atoms with Crippen LogP contribution >= 0.6 is 0 Å². The number of benzene rings is 3. The highest BCUT2D eigenvalue weighted by atomic mass is 14.8. The van der Waals surface area contributed by atoms with Gasteiger partial charge in [-0.3, -0.25) is 0 Å². The van der Waals surface area contributed by atoms with Gasteiger partial charge in [-0.15, -0.1) is 0 Å². The van der Waals surface area contributed by atoms with Crippen LogP contribution < -0.4 is 5.73 Å². The summed E-state index contributed by atoms with van der Waals surface area (Å²) in [5.74, 6) is 0. The van der Waals surface area contributed by atoms with Gasteiger partial charge in [0.25, 0.3) is 0 Å². The van der Waals surface area contributed by atoms with Gasteiger partial charge in [0, 0.05) is 5.39 Å². The third-order valence-electron chi connectivity index (χ3n) is 2.96. The fourth-order valence-electron chi connectivity index (χ4n) is 2.22. The van der Waals surface area contributed by atoms with Gasteiger partial charge in [0.2, 0.25) is 0 Å². The monoisotopic (exact) mass is 220 g/mol. The van der Waals surface area contributed by atoms with Crippen molar-refractivity contribution in [2.45, 2.75) is 0 Å². The van der Waals surface area contributed by atoms with Crippen LogP contribution in [0.15, 0.2) is 59.6 Å². The Morgan fingerprint density at radius 1 is 0.824 bits per heavy atom. The molecule has 3 aromatic rings. The largest absolute Gasteiger partial charge is 0.390 e. The number of aliphatic imine (C=N–C) groups is 1. The first-order valence-electron chi connectivity index (χ1n) is 5.55. The zero-order valence-electron chi connectivity index (χ0n) is 9.30. The Hall–Kier alpha value is -2.35. The van der Waals surface area contributed by atoms with Crippen LogP contribution in [0.2, 0.25) is 0 Å². The molecule has 0 aliphatic heterocycles. The number of nitrogens with zero attached hydrogens (tertiary/aromatic N) is 1. The van der Waals surface area contributed by atoms with E-state index in [0.717, 1.165) is 11.1 Å². The van der Waals surface area contributed by atoms with Crippen molar-refractivity contribution in [3.05, 3.63) is 54.6 Å². The third-order valence-corrected chi connectivity index (χ3v) is 2.96. The van der Waals surface area contributed by atoms with Gasteiger partial charge in [-0.05, 0) is 22.2 Å². The van der Waals surface area contributed by atoms with Gasteiger partial charge in [-0.25, -0.2) is 4.99 Å². The van der Waals surface area contributed by atoms with E-state index in [-0.39, 0.29) is 0 Å². The second-order valence-electron chi connectivity index (χ2n) is 3.94. The van der Waals surface area contributed by atoms with Gasteiger partial charge in [0.15, 0.2) is 0 Å². The molecule has 0 spiro atoms. The fourth-order valence-corrected chi connectivity index (χ4v) is 2.22. The summed E-state index contributed by atoms with van der Waals surface area (Å²) < 4.78 is 0. The number of rotatable bonds is 1. The summed E-state index contributed by atoms with van der Waals surface area (Å²) in [6.45, 7) is 0. The van der Waals surface area contributed by atoms with Crippen molar-refractivity contribution >= 4 is 33.6 Å². The first-order valence-corrected chi connectivity index (χ1v) is 5.55. The lowest BCUT2D eigenvalue weighted by Crippen LogP contribution is -1.87. The highest BCUT2D eigenvalue weighted by molar-refractivity contribution is 6.12. The van der Waals surface area contributed by atoms with Gasteiger partial charge in [0.05, 0.1) is 12.0 Å². The molecule has 0 radical (unpaired) electrons. The van der Waals surface area contributed by atoms with Crippen LogP contribution in [0.1, 0.15) is 0 Å². The lowest BCUT2D eigenvalue weighted by Gasteiger charge is -2.06. The zero-order chi connectivity index (χ0) is 11.7. The van der Waals surface area contributed by atoms with E-state index in [1.165, 1.54) is 22.5 Å². The van der Waals surface area contributed by atoms with Crippen LogP contribution in [0.25, 0.3) is 21.5 Å². The molecule has 3 rings (SSSR count). The molecule has 0 aliphatic carbocycles. The Kier molecular flexibility index (Phi) is 2.26. The summed E-state index contributed by atoms with van der Waals surface area (Å²) in [5.41, 5.74) is 6.32. The van der Waals surface area contributed by atoms with E-state index in [1.807, 2.05) is 18.2 Å². The van der Waals surface area contributed by atoms with Crippen molar-refractivity contribution in [1.82, 2.24) is 0 Å². The summed E-state index contributed by atoms with van der Waals surface area (Å²) in [6.07, 6.45) is 1.34. The topological polar surface area (TPSA) is 38.4 Å². The van der Waals surface area contributed by atoms with Crippen LogP contribution in [-0.4, -0.2) is 6.34 Å². The summed E-state index contributed by atoms with van der Waals surface area (Å²) in [4.78, 5) is 4.24. The maximum atomic E-state index is 5.40. The summed E-state index contributed by atoms with van der Waals surface area (Å²) >= 11 is 0. The van der Waals surface area contributed by atoms with Crippen LogP contribution in [0.3, 0.4) is 0 Å². The Morgan fingerprint density at radius 2 is 1.47 bits per heavy atom. The average Bonchev–Trinajstić information content (AvgIpc) is 2.39. The predicted molar refractivity (Wildman–Crippen MR) is 73.8 cm³/mol. The summed E-state index contributed by atoms with van der Waals surface area (Å²) in [6, 6.07) is 18.6. The maximum Gasteiger partial charge on any atom is 0.0860 e. The Labute approximate surface area is 99.4 Å². The molecule has 82 valence electrons. The molecule has 0 aliphatic rings. The minimum absolute atomic E-state index is 0.918. The van der Waals surface area contributed by atoms with Crippen molar-refractivity contribution < 1.29 is 0 Å². The first-order chi connectivity index (χ1) is 8.40. The van der Waals surface area contributed by atoms with E-state index in [1.54, 1.807) is 0 Å². The zero-order valence-corrected chi connectivity index (χ0v) is 9.30. The molecule has 17 heavy (non-hydrogen) atoms. The van der Waals surface area contributed by atoms with E-state index >= 15 is 0 Å². The molecule has 2 heteroatoms. The predicted octanol–water partition coefficient (Wildman–Crippen LogP) is 3.61. The number of hydrogen-bond acceptors (Lipinski definition) is 1. The van der Waals surface area contributed by atoms with Gasteiger partial charge in [-0.1, -0.05) is 48.5 Å². The molecule has 0 unspecified atom stereocenters. The molecule has 0 amide bonds. The van der Waals surface area contributed by atoms with Crippen LogP contribution in [0, 0.1) is 0 Å². The van der Waals surface area contributed by atoms with Crippen LogP contribution in [0.5, 0.6) is 0 Å². The van der Waals surface area contributed by atoms with E-state index in [2.05, 4.69) is 41.4 Å². The molecule has 0 saturated carbocycles. The van der Waals surface area contributed by atoms with Gasteiger partial charge >= 0.3 is 0 Å². The number of nitrogens with two attached hydrogens (primary N) is 1. The molecule has 0 fully saturated rings. The molecule has 0 aromatic heterocycles. The minimum Gasteiger partial charge on any atom is -0.390 e. The average molecular weight is 220 g/mol. The molecular formula is C15H12N2. The SMILES string of the molecule is NC=Nc1cc2ccccc2c2ccccc12. The normalized spacial score (nSPS) is 11.5. The lowest BCUT2D eigenvalue weighted by molar-refractivity contribution is 1.57. The van der Waals surface area contributed by atoms with Crippen molar-refractivity contribution in [3.8, 4) is 0 Å². The molecule has 2 N–H and O–H groups in total. The molecule has 3 aromatic carbocycles. The number of fused-ring (bicyclic) bond motifs is 3. The third kappa shape index (κ3) is 1.54. The standard InChI is InChI=1S/C15H12N2/c16-10-17-15-9-11-5-1-2-6-12(11)13-7-3-4-8-14(13)15/h1-10H,(H2,16,17). The maximum absolute atomic E-state index is 5.40. The molecule has 0 heterocycles. The quantitative estimate of drug-likeness (QED) is 0.379. The minimum atomic E-state index is 0.918. The van der Waals surface area contributed by atoms with Crippen molar-refractivity contribution in [2.24, 2.45) is 10.7 Å². The van der Waals surface area contributed by atoms with Crippen molar-refractivity contribution in [2.75, 3.05) is 0 Å². The Bertz CT molecular complexity index is 714. The Morgan fingerprint density at radius 3 is 2.24 bits per heavy atom. The summed E-state index contributed by atoms with van der Waals surface area (Å²) in [7, 11) is 0. The van der Waals surface area contributed by atoms with Crippen LogP contribution in [0.4, 0.5) is 5.69 Å². The van der Waals surface area contributed by atoms with Gasteiger partial charge in [0.1, 0.15) is 0 Å². The van der Waals surface area contributed by atoms with Crippen LogP contribution in [-0.2, 0) is 0 Å². The van der Waals surface area contributed by atoms with Gasteiger partial charge < -0.3 is 5.73 Å². The first kappa shape index (κ1) is 9.85. The highest BCUT2D eigenvalue weighted by Gasteiger charge is 2.04. The van der Waals surface area contributed by atoms with E-state index < -0.39 is 0 Å². The molecule has 0 bridgehead atoms. The second kappa shape index (κ2) is 3.91. The van der Waals surface area contributed by atoms with E-state index in [4.69, 9.17) is 5.73 Å². The van der Waals surface area contributed by atoms with Gasteiger partial charge in [-0.2, -0.15) is 0 Å². The Balaban J connectivity index is 2.54. The molecular weight excluding hydrogens is 208 g/mol. The van der Waals surface area contributed by atoms with E-state index in [9.17, 15) is 0 Å². The number of hydrogen-bond donors (Lipinski definition) is 1. The molecule has 2 nitrogen and oxygen atoms in total. The fraction of sp³-hybridized carbons (Fsp3) is 0. The molecule has 0 atom stereocenters. The van der Waals surface area contributed by atoms with E-state index in [0.29, 0.717) is 0 Å². The van der Waals surface area contributed by atoms with Crippen molar-refractivity contribution in [3.63, 3.8) is 0 Å². The summed E-state index contributed by atoms with van der Waals surface area (Å²) in [5, 5.41) is 4.78. The van der Waals surface area contributed by atoms with Crippen molar-refractivity contribution in [1.29, 1.82) is 0 Å². The highest BCUT2D eigenvalue weighted by Crippen LogP contribution is 2.33. The second-order valence-corrected chi connectivity index (χ2v) is 3.94. The lowest BCUT2D eigenvalue weighted by atomic mass is 10.0.